The summed E-state index contributed by atoms with van der Waals surface area (Å²) in [6.45, 7) is 1.54. The van der Waals surface area contributed by atoms with Gasteiger partial charge in [-0.05, 0) is 24.4 Å². The van der Waals surface area contributed by atoms with Gasteiger partial charge in [0.15, 0.2) is 1.41 Å². The van der Waals surface area contributed by atoms with Crippen LogP contribution >= 0.6 is 0 Å². The summed E-state index contributed by atoms with van der Waals surface area (Å²) >= 11 is 0. The van der Waals surface area contributed by atoms with E-state index >= 15 is 0 Å². The molecule has 2 rings (SSSR count). The summed E-state index contributed by atoms with van der Waals surface area (Å²) in [6, 6.07) is -1.28. The number of nitrogens with one attached hydrogen (secondary N) is 1. The number of hydrogen-bond donors (Lipinski definition) is 1. The first-order valence-corrected chi connectivity index (χ1v) is 2.95. The maximum atomic E-state index is 7.72. The molecular weight excluding hydrogens is 122 g/mol. The first-order valence-electron chi connectivity index (χ1n) is 5.89. The molecule has 0 saturated heterocycles. The summed E-state index contributed by atoms with van der Waals surface area (Å²) in [5.41, 5.74) is 0.371. The molecule has 1 N–H and O–H groups in total. The van der Waals surface area contributed by atoms with Crippen LogP contribution in [0.2, 0.25) is 1.41 Å². The Kier molecular flexibility index (Phi) is 0.398. The van der Waals surface area contributed by atoms with E-state index < -0.39 is 0 Å². The molecule has 1 nitrogen and oxygen atoms in total. The Labute approximate surface area is 68.2 Å². The second-order valence-corrected chi connectivity index (χ2v) is 2.05. The van der Waals surface area contributed by atoms with Crippen molar-refractivity contribution in [3.05, 3.63) is 35.9 Å². The third kappa shape index (κ3) is 0.711. The minimum Gasteiger partial charge on any atom is -0.359 e. The van der Waals surface area contributed by atoms with Gasteiger partial charge in [0.05, 0.1) is 6.85 Å². The highest BCUT2D eigenvalue weighted by atomic mass is 14.7. The van der Waals surface area contributed by atoms with Crippen LogP contribution in [0.25, 0.3) is 10.9 Å². The lowest BCUT2D eigenvalue weighted by atomic mass is 10.2. The van der Waals surface area contributed by atoms with Gasteiger partial charge in [0, 0.05) is 11.2 Å². The standard InChI is InChI=1S/C9H9N/c1-7-6-8-4-2-3-5-9(8)10-7/h2-6,10H,1H3/i2D,3D,4D,5D,6D/hD. The van der Waals surface area contributed by atoms with Crippen molar-refractivity contribution in [1.29, 1.82) is 0 Å². The second kappa shape index (κ2) is 1.87. The molecule has 50 valence electrons. The minimum atomic E-state index is -0.372. The quantitative estimate of drug-likeness (QED) is 0.574. The number of rotatable bonds is 0. The van der Waals surface area contributed by atoms with Crippen LogP contribution in [-0.4, -0.2) is 4.98 Å². The van der Waals surface area contributed by atoms with Crippen molar-refractivity contribution >= 4 is 10.9 Å². The fourth-order valence-corrected chi connectivity index (χ4v) is 0.857. The molecule has 0 unspecified atom stereocenters. The van der Waals surface area contributed by atoms with Gasteiger partial charge in [0.1, 0.15) is 0 Å². The van der Waals surface area contributed by atoms with Crippen LogP contribution in [0, 0.1) is 6.92 Å². The zero-order valence-corrected chi connectivity index (χ0v) is 5.45. The molecule has 0 radical (unpaired) electrons. The number of H-pyrrole nitrogens is 1. The average molecular weight is 137 g/mol. The number of hydrogen-bond acceptors (Lipinski definition) is 0. The van der Waals surface area contributed by atoms with E-state index in [4.69, 9.17) is 8.27 Å². The van der Waals surface area contributed by atoms with Crippen LogP contribution < -0.4 is 0 Å². The Morgan fingerprint density at radius 2 is 2.30 bits per heavy atom. The molecule has 0 aliphatic heterocycles. The topological polar surface area (TPSA) is 15.8 Å². The van der Waals surface area contributed by atoms with Crippen molar-refractivity contribution in [1.82, 2.24) is 4.98 Å². The van der Waals surface area contributed by atoms with Crippen molar-refractivity contribution in [3.63, 3.8) is 0 Å². The first-order chi connectivity index (χ1) is 7.37. The van der Waals surface area contributed by atoms with Gasteiger partial charge in [0.2, 0.25) is 0 Å². The van der Waals surface area contributed by atoms with Crippen LogP contribution in [0.5, 0.6) is 0 Å². The lowest BCUT2D eigenvalue weighted by Gasteiger charge is -1.83. The molecule has 0 aliphatic rings. The zero-order chi connectivity index (χ0) is 12.2. The lowest BCUT2D eigenvalue weighted by Crippen LogP contribution is -1.65. The van der Waals surface area contributed by atoms with Gasteiger partial charge >= 0.3 is 0 Å². The highest BCUT2D eigenvalue weighted by Crippen LogP contribution is 2.12. The molecule has 1 heterocycles. The van der Waals surface area contributed by atoms with Crippen LogP contribution in [0.4, 0.5) is 0 Å². The van der Waals surface area contributed by atoms with Gasteiger partial charge in [-0.3, -0.25) is 0 Å². The monoisotopic (exact) mass is 137 g/mol. The Hall–Kier alpha value is -1.24. The average Bonchev–Trinajstić information content (AvgIpc) is 2.48. The third-order valence-electron chi connectivity index (χ3n) is 1.25. The maximum absolute atomic E-state index is 7.72. The van der Waals surface area contributed by atoms with E-state index in [1.807, 2.05) is 0 Å². The van der Waals surface area contributed by atoms with Crippen LogP contribution in [0.15, 0.2) is 30.2 Å². The predicted molar refractivity (Wildman–Crippen MR) is 43.0 cm³/mol. The molecule has 1 heteroatoms. The molecule has 10 heavy (non-hydrogen) atoms. The molecule has 0 bridgehead atoms. The molecule has 2 aromatic rings. The van der Waals surface area contributed by atoms with Gasteiger partial charge in [0.25, 0.3) is 0 Å². The smallest absolute Gasteiger partial charge is 0.166 e. The summed E-state index contributed by atoms with van der Waals surface area (Å²) in [4.78, 5) is 0.884. The van der Waals surface area contributed by atoms with E-state index in [9.17, 15) is 0 Å². The maximum Gasteiger partial charge on any atom is 0.166 e. The number of aromatic nitrogens is 1. The molecule has 0 amide bonds. The molecule has 1 aromatic carbocycles. The van der Waals surface area contributed by atoms with E-state index in [2.05, 4.69) is 0 Å². The number of fused-ring (bicyclic) bond motifs is 1. The molecular formula is C9H9N. The van der Waals surface area contributed by atoms with Crippen LogP contribution in [-0.2, 0) is 0 Å². The highest BCUT2D eigenvalue weighted by Gasteiger charge is 1.92. The second-order valence-electron chi connectivity index (χ2n) is 2.05. The Morgan fingerprint density at radius 1 is 1.50 bits per heavy atom. The predicted octanol–water partition coefficient (Wildman–Crippen LogP) is 2.48. The number of para-hydroxylation sites is 1. The van der Waals surface area contributed by atoms with Crippen molar-refractivity contribution in [2.45, 2.75) is 6.92 Å². The zero-order valence-electron chi connectivity index (χ0n) is 11.4. The van der Waals surface area contributed by atoms with Gasteiger partial charge < -0.3 is 4.98 Å². The summed E-state index contributed by atoms with van der Waals surface area (Å²) in [5, 5.41) is 0.110. The SMILES string of the molecule is [2H]c1c([2H])c([2H])c2c(c1[2H])c([2H])c(C)n2[2H]. The van der Waals surface area contributed by atoms with Crippen LogP contribution in [0.1, 0.15) is 12.5 Å². The Morgan fingerprint density at radius 3 is 3.20 bits per heavy atom. The molecule has 0 atom stereocenters. The highest BCUT2D eigenvalue weighted by molar-refractivity contribution is 5.79. The number of aromatic amines is 1. The Balaban J connectivity index is 3.15. The van der Waals surface area contributed by atoms with Crippen molar-refractivity contribution in [3.8, 4) is 0 Å². The van der Waals surface area contributed by atoms with Crippen molar-refractivity contribution in [2.75, 3.05) is 0 Å². The van der Waals surface area contributed by atoms with Crippen molar-refractivity contribution < 1.29 is 8.27 Å². The molecule has 0 spiro atoms. The first kappa shape index (κ1) is 2.12. The largest absolute Gasteiger partial charge is 0.359 e. The van der Waals surface area contributed by atoms with Gasteiger partial charge in [-0.2, -0.15) is 0 Å². The minimum absolute atomic E-state index is 0.0167. The van der Waals surface area contributed by atoms with Gasteiger partial charge in [-0.15, -0.1) is 0 Å². The van der Waals surface area contributed by atoms with E-state index in [1.165, 1.54) is 0 Å². The molecule has 0 aliphatic carbocycles. The molecule has 0 fully saturated rings. The van der Waals surface area contributed by atoms with E-state index in [-0.39, 0.29) is 41.1 Å². The van der Waals surface area contributed by atoms with E-state index in [1.54, 1.807) is 6.92 Å². The fourth-order valence-electron chi connectivity index (χ4n) is 0.857. The van der Waals surface area contributed by atoms with E-state index in [0.717, 1.165) is 4.98 Å². The summed E-state index contributed by atoms with van der Waals surface area (Å²) < 4.78 is 45.7. The molecule has 0 saturated carbocycles. The Bertz CT molecular complexity index is 549. The summed E-state index contributed by atoms with van der Waals surface area (Å²) in [6.07, 6.45) is 0. The van der Waals surface area contributed by atoms with Crippen molar-refractivity contribution in [2.24, 2.45) is 0 Å². The lowest BCUT2D eigenvalue weighted by molar-refractivity contribution is 1.30. The normalized spacial score (nSPS) is 18.9. The van der Waals surface area contributed by atoms with E-state index in [0.29, 0.717) is 5.69 Å². The third-order valence-corrected chi connectivity index (χ3v) is 1.25. The number of benzene rings is 1. The fraction of sp³-hybridized carbons (Fsp3) is 0.111. The summed E-state index contributed by atoms with van der Waals surface area (Å²) in [7, 11) is 0. The van der Waals surface area contributed by atoms with Gasteiger partial charge in [-0.1, -0.05) is 18.1 Å². The summed E-state index contributed by atoms with van der Waals surface area (Å²) in [5.74, 6) is 0. The molecule has 1 aromatic heterocycles. The van der Waals surface area contributed by atoms with Crippen LogP contribution in [0.3, 0.4) is 0 Å². The van der Waals surface area contributed by atoms with Gasteiger partial charge in [-0.25, -0.2) is 0 Å².